The molecule has 1 amide bonds. The minimum Gasteiger partial charge on any atom is -0.508 e. The van der Waals surface area contributed by atoms with E-state index < -0.39 is 0 Å². The Hall–Kier alpha value is -1.66. The van der Waals surface area contributed by atoms with E-state index in [1.54, 1.807) is 23.1 Å². The predicted octanol–water partition coefficient (Wildman–Crippen LogP) is 1.31. The molecule has 1 aromatic heterocycles. The van der Waals surface area contributed by atoms with Crippen LogP contribution in [-0.2, 0) is 4.79 Å². The van der Waals surface area contributed by atoms with Gasteiger partial charge in [0.25, 0.3) is 0 Å². The van der Waals surface area contributed by atoms with Gasteiger partial charge in [-0.25, -0.2) is 4.98 Å². The summed E-state index contributed by atoms with van der Waals surface area (Å²) in [7, 11) is 0. The van der Waals surface area contributed by atoms with Crippen LogP contribution < -0.4 is 10.6 Å². The fraction of sp³-hybridized carbons (Fsp3) is 0.333. The molecule has 1 atom stereocenters. The van der Waals surface area contributed by atoms with Crippen LogP contribution in [0.15, 0.2) is 18.2 Å². The van der Waals surface area contributed by atoms with E-state index in [0.29, 0.717) is 24.6 Å². The molecule has 0 radical (unpaired) electrons. The van der Waals surface area contributed by atoms with Crippen molar-refractivity contribution in [1.29, 1.82) is 0 Å². The molecule has 18 heavy (non-hydrogen) atoms. The van der Waals surface area contributed by atoms with Gasteiger partial charge in [-0.1, -0.05) is 11.3 Å². The fourth-order valence-corrected chi connectivity index (χ4v) is 3.17. The molecule has 0 aliphatic carbocycles. The van der Waals surface area contributed by atoms with Gasteiger partial charge in [0.2, 0.25) is 5.91 Å². The van der Waals surface area contributed by atoms with E-state index in [1.807, 2.05) is 0 Å². The van der Waals surface area contributed by atoms with Gasteiger partial charge in [-0.3, -0.25) is 9.69 Å². The number of hydrogen-bond acceptors (Lipinski definition) is 5. The molecule has 2 aromatic rings. The van der Waals surface area contributed by atoms with Crippen LogP contribution in [0.1, 0.15) is 6.42 Å². The summed E-state index contributed by atoms with van der Waals surface area (Å²) in [6.45, 7) is 1.16. The smallest absolute Gasteiger partial charge is 0.229 e. The van der Waals surface area contributed by atoms with Gasteiger partial charge >= 0.3 is 0 Å². The summed E-state index contributed by atoms with van der Waals surface area (Å²) in [4.78, 5) is 18.0. The number of benzene rings is 1. The summed E-state index contributed by atoms with van der Waals surface area (Å²) < 4.78 is 0.883. The second kappa shape index (κ2) is 4.22. The number of nitrogens with two attached hydrogens (primary N) is 1. The third-order valence-electron chi connectivity index (χ3n) is 3.13. The van der Waals surface area contributed by atoms with Crippen LogP contribution >= 0.6 is 11.3 Å². The van der Waals surface area contributed by atoms with Crippen LogP contribution in [-0.4, -0.2) is 29.1 Å². The van der Waals surface area contributed by atoms with E-state index in [0.717, 1.165) is 10.2 Å². The van der Waals surface area contributed by atoms with Crippen molar-refractivity contribution < 1.29 is 9.90 Å². The van der Waals surface area contributed by atoms with Gasteiger partial charge in [-0.05, 0) is 30.7 Å². The minimum absolute atomic E-state index is 0.0775. The van der Waals surface area contributed by atoms with E-state index in [9.17, 15) is 9.90 Å². The molecule has 0 saturated carbocycles. The molecule has 3 rings (SSSR count). The van der Waals surface area contributed by atoms with Crippen LogP contribution in [0.5, 0.6) is 5.75 Å². The molecule has 3 N–H and O–H groups in total. The molecule has 0 bridgehead atoms. The van der Waals surface area contributed by atoms with Crippen LogP contribution in [0.3, 0.4) is 0 Å². The Bertz CT molecular complexity index is 610. The third kappa shape index (κ3) is 1.83. The van der Waals surface area contributed by atoms with Gasteiger partial charge in [0.15, 0.2) is 5.13 Å². The van der Waals surface area contributed by atoms with Crippen LogP contribution in [0, 0.1) is 5.92 Å². The zero-order valence-electron chi connectivity index (χ0n) is 9.67. The van der Waals surface area contributed by atoms with Gasteiger partial charge in [0.1, 0.15) is 5.75 Å². The van der Waals surface area contributed by atoms with E-state index >= 15 is 0 Å². The Labute approximate surface area is 108 Å². The second-order valence-electron chi connectivity index (χ2n) is 4.46. The number of nitrogens with zero attached hydrogens (tertiary/aromatic N) is 2. The highest BCUT2D eigenvalue weighted by Gasteiger charge is 2.31. The summed E-state index contributed by atoms with van der Waals surface area (Å²) in [6.07, 6.45) is 0.498. The molecular formula is C12H13N3O2S. The Kier molecular flexibility index (Phi) is 2.68. The molecule has 5 nitrogen and oxygen atoms in total. The van der Waals surface area contributed by atoms with Crippen molar-refractivity contribution in [1.82, 2.24) is 4.98 Å². The zero-order chi connectivity index (χ0) is 12.7. The summed E-state index contributed by atoms with van der Waals surface area (Å²) in [5, 5.41) is 10.1. The first-order valence-corrected chi connectivity index (χ1v) is 6.59. The fourth-order valence-electron chi connectivity index (χ4n) is 2.14. The Morgan fingerprint density at radius 3 is 3.11 bits per heavy atom. The van der Waals surface area contributed by atoms with E-state index in [1.165, 1.54) is 11.3 Å². The summed E-state index contributed by atoms with van der Waals surface area (Å²) in [5.74, 6) is 0.511. The maximum absolute atomic E-state index is 11.9. The lowest BCUT2D eigenvalue weighted by molar-refractivity contribution is -0.117. The predicted molar refractivity (Wildman–Crippen MR) is 70.8 cm³/mol. The highest BCUT2D eigenvalue weighted by atomic mass is 32.1. The number of carbonyl (C=O) groups is 1. The largest absolute Gasteiger partial charge is 0.508 e. The first-order chi connectivity index (χ1) is 8.67. The van der Waals surface area contributed by atoms with E-state index in [4.69, 9.17) is 5.73 Å². The topological polar surface area (TPSA) is 79.5 Å². The van der Waals surface area contributed by atoms with Crippen LogP contribution in [0.25, 0.3) is 10.2 Å². The Morgan fingerprint density at radius 2 is 2.39 bits per heavy atom. The molecule has 1 aromatic carbocycles. The maximum Gasteiger partial charge on any atom is 0.229 e. The normalized spacial score (nSPS) is 19.9. The van der Waals surface area contributed by atoms with E-state index in [-0.39, 0.29) is 17.6 Å². The molecule has 1 aliphatic rings. The van der Waals surface area contributed by atoms with Crippen molar-refractivity contribution in [2.24, 2.45) is 11.7 Å². The Balaban J connectivity index is 1.97. The number of aromatic hydroxyl groups is 1. The number of phenolic OH excluding ortho intramolecular Hbond substituents is 1. The number of phenols is 1. The molecular weight excluding hydrogens is 250 g/mol. The van der Waals surface area contributed by atoms with Crippen molar-refractivity contribution >= 4 is 32.6 Å². The van der Waals surface area contributed by atoms with Crippen LogP contribution in [0.4, 0.5) is 5.13 Å². The van der Waals surface area contributed by atoms with Crippen molar-refractivity contribution in [3.63, 3.8) is 0 Å². The zero-order valence-corrected chi connectivity index (χ0v) is 10.5. The van der Waals surface area contributed by atoms with E-state index in [2.05, 4.69) is 4.98 Å². The van der Waals surface area contributed by atoms with Crippen molar-refractivity contribution in [3.05, 3.63) is 18.2 Å². The SMILES string of the molecule is NCC1CC(=O)N(c2nc3ccc(O)cc3s2)C1. The number of thiazole rings is 1. The van der Waals surface area contributed by atoms with Gasteiger partial charge in [0.05, 0.1) is 10.2 Å². The molecule has 6 heteroatoms. The number of anilines is 1. The minimum atomic E-state index is 0.0775. The lowest BCUT2D eigenvalue weighted by Crippen LogP contribution is -2.25. The summed E-state index contributed by atoms with van der Waals surface area (Å²) in [6, 6.07) is 5.02. The lowest BCUT2D eigenvalue weighted by atomic mass is 10.1. The number of hydrogen-bond donors (Lipinski definition) is 2. The van der Waals surface area contributed by atoms with Crippen molar-refractivity contribution in [3.8, 4) is 5.75 Å². The monoisotopic (exact) mass is 263 g/mol. The van der Waals surface area contributed by atoms with Gasteiger partial charge in [-0.2, -0.15) is 0 Å². The first-order valence-electron chi connectivity index (χ1n) is 5.77. The molecule has 2 heterocycles. The molecule has 94 valence electrons. The molecule has 1 saturated heterocycles. The quantitative estimate of drug-likeness (QED) is 0.856. The summed E-state index contributed by atoms with van der Waals surface area (Å²) >= 11 is 1.42. The number of rotatable bonds is 2. The third-order valence-corrected chi connectivity index (χ3v) is 4.17. The molecule has 0 spiro atoms. The average molecular weight is 263 g/mol. The molecule has 1 fully saturated rings. The number of fused-ring (bicyclic) bond motifs is 1. The van der Waals surface area contributed by atoms with Gasteiger partial charge < -0.3 is 10.8 Å². The second-order valence-corrected chi connectivity index (χ2v) is 5.47. The van der Waals surface area contributed by atoms with Crippen LogP contribution in [0.2, 0.25) is 0 Å². The highest BCUT2D eigenvalue weighted by Crippen LogP contribution is 2.33. The first kappa shape index (κ1) is 11.4. The average Bonchev–Trinajstić information content (AvgIpc) is 2.91. The number of amides is 1. The molecule has 1 aliphatic heterocycles. The number of carbonyl (C=O) groups excluding carboxylic acids is 1. The van der Waals surface area contributed by atoms with Crippen molar-refractivity contribution in [2.75, 3.05) is 18.0 Å². The standard InChI is InChI=1S/C12H13N3O2S/c13-5-7-3-11(17)15(6-7)12-14-9-2-1-8(16)4-10(9)18-12/h1-2,4,7,16H,3,5-6,13H2. The van der Waals surface area contributed by atoms with Gasteiger partial charge in [0, 0.05) is 13.0 Å². The number of aromatic nitrogens is 1. The van der Waals surface area contributed by atoms with Gasteiger partial charge in [-0.15, -0.1) is 0 Å². The lowest BCUT2D eigenvalue weighted by Gasteiger charge is -2.11. The highest BCUT2D eigenvalue weighted by molar-refractivity contribution is 7.22. The summed E-state index contributed by atoms with van der Waals surface area (Å²) in [5.41, 5.74) is 6.40. The maximum atomic E-state index is 11.9. The molecule has 1 unspecified atom stereocenters. The Morgan fingerprint density at radius 1 is 1.56 bits per heavy atom. The van der Waals surface area contributed by atoms with Crippen molar-refractivity contribution in [2.45, 2.75) is 6.42 Å².